The highest BCUT2D eigenvalue weighted by atomic mass is 35.5. The van der Waals surface area contributed by atoms with E-state index >= 15 is 0 Å². The molecule has 0 fully saturated rings. The SMILES string of the molecule is COc1cc(C)c(S(=O)(=O)NCc2sc(-c3cccnc3)nc2C)cc1Cl. The lowest BCUT2D eigenvalue weighted by Gasteiger charge is -2.11. The second-order valence-electron chi connectivity index (χ2n) is 5.85. The fourth-order valence-corrected chi connectivity index (χ4v) is 5.16. The van der Waals surface area contributed by atoms with Gasteiger partial charge in [0.05, 0.1) is 22.7 Å². The standard InChI is InChI=1S/C18H18ClN3O3S2/c1-11-7-15(25-3)14(19)8-17(11)27(23,24)21-10-16-12(2)22-18(26-16)13-5-4-6-20-9-13/h4-9,21H,10H2,1-3H3. The molecule has 2 aromatic heterocycles. The van der Waals surface area contributed by atoms with Crippen LogP contribution < -0.4 is 9.46 Å². The molecule has 142 valence electrons. The van der Waals surface area contributed by atoms with Crippen LogP contribution in [0.3, 0.4) is 0 Å². The van der Waals surface area contributed by atoms with Crippen molar-refractivity contribution in [3.05, 3.63) is 57.8 Å². The number of nitrogens with zero attached hydrogens (tertiary/aromatic N) is 2. The van der Waals surface area contributed by atoms with Crippen molar-refractivity contribution in [2.24, 2.45) is 0 Å². The molecule has 0 amide bonds. The lowest BCUT2D eigenvalue weighted by atomic mass is 10.2. The van der Waals surface area contributed by atoms with Gasteiger partial charge in [-0.2, -0.15) is 0 Å². The summed E-state index contributed by atoms with van der Waals surface area (Å²) in [6.07, 6.45) is 3.43. The van der Waals surface area contributed by atoms with E-state index in [-0.39, 0.29) is 16.5 Å². The summed E-state index contributed by atoms with van der Waals surface area (Å²) in [5.41, 5.74) is 2.24. The molecule has 0 aliphatic heterocycles. The Kier molecular flexibility index (Phi) is 5.81. The van der Waals surface area contributed by atoms with Gasteiger partial charge >= 0.3 is 0 Å². The number of pyridine rings is 1. The van der Waals surface area contributed by atoms with Crippen LogP contribution in [0, 0.1) is 13.8 Å². The molecule has 0 saturated heterocycles. The number of aromatic nitrogens is 2. The van der Waals surface area contributed by atoms with Gasteiger partial charge in [-0.3, -0.25) is 4.98 Å². The molecule has 0 aliphatic rings. The number of halogens is 1. The van der Waals surface area contributed by atoms with Crippen LogP contribution in [0.2, 0.25) is 5.02 Å². The topological polar surface area (TPSA) is 81.2 Å². The second-order valence-corrected chi connectivity index (χ2v) is 9.07. The minimum absolute atomic E-state index is 0.128. The maximum absolute atomic E-state index is 12.7. The van der Waals surface area contributed by atoms with Gasteiger partial charge in [0.1, 0.15) is 10.8 Å². The number of aryl methyl sites for hydroxylation is 2. The predicted molar refractivity (Wildman–Crippen MR) is 107 cm³/mol. The molecule has 0 spiro atoms. The van der Waals surface area contributed by atoms with E-state index < -0.39 is 10.0 Å². The third-order valence-electron chi connectivity index (χ3n) is 3.96. The van der Waals surface area contributed by atoms with Crippen molar-refractivity contribution in [2.45, 2.75) is 25.3 Å². The molecule has 6 nitrogen and oxygen atoms in total. The Morgan fingerprint density at radius 1 is 1.30 bits per heavy atom. The second kappa shape index (κ2) is 7.93. The van der Waals surface area contributed by atoms with Crippen molar-refractivity contribution in [1.29, 1.82) is 0 Å². The highest BCUT2D eigenvalue weighted by Gasteiger charge is 2.20. The number of sulfonamides is 1. The molecule has 0 radical (unpaired) electrons. The minimum Gasteiger partial charge on any atom is -0.495 e. The lowest BCUT2D eigenvalue weighted by molar-refractivity contribution is 0.414. The molecule has 0 bridgehead atoms. The van der Waals surface area contributed by atoms with Gasteiger partial charge in [0.25, 0.3) is 0 Å². The summed E-state index contributed by atoms with van der Waals surface area (Å²) in [4.78, 5) is 9.57. The van der Waals surface area contributed by atoms with Gasteiger partial charge in [0.15, 0.2) is 0 Å². The first-order valence-corrected chi connectivity index (χ1v) is 10.7. The average Bonchev–Trinajstić information content (AvgIpc) is 3.03. The van der Waals surface area contributed by atoms with Crippen LogP contribution in [0.4, 0.5) is 0 Å². The molecule has 3 rings (SSSR count). The zero-order chi connectivity index (χ0) is 19.6. The first-order valence-electron chi connectivity index (χ1n) is 8.02. The molecule has 1 aromatic carbocycles. The van der Waals surface area contributed by atoms with Gasteiger partial charge in [-0.1, -0.05) is 11.6 Å². The van der Waals surface area contributed by atoms with Crippen molar-refractivity contribution in [1.82, 2.24) is 14.7 Å². The van der Waals surface area contributed by atoms with Gasteiger partial charge in [-0.25, -0.2) is 18.1 Å². The van der Waals surface area contributed by atoms with E-state index in [0.717, 1.165) is 21.1 Å². The van der Waals surface area contributed by atoms with Crippen LogP contribution >= 0.6 is 22.9 Å². The largest absolute Gasteiger partial charge is 0.495 e. The third kappa shape index (κ3) is 4.30. The average molecular weight is 424 g/mol. The van der Waals surface area contributed by atoms with Crippen LogP contribution in [0.1, 0.15) is 16.1 Å². The normalized spacial score (nSPS) is 11.6. The first kappa shape index (κ1) is 19.8. The third-order valence-corrected chi connectivity index (χ3v) is 7.01. The first-order chi connectivity index (χ1) is 12.8. The smallest absolute Gasteiger partial charge is 0.241 e. The molecule has 1 N–H and O–H groups in total. The maximum Gasteiger partial charge on any atom is 0.241 e. The number of hydrogen-bond donors (Lipinski definition) is 1. The summed E-state index contributed by atoms with van der Waals surface area (Å²) in [5, 5.41) is 1.05. The Morgan fingerprint density at radius 3 is 2.74 bits per heavy atom. The fraction of sp³-hybridized carbons (Fsp3) is 0.222. The van der Waals surface area contributed by atoms with Crippen LogP contribution in [-0.4, -0.2) is 25.5 Å². The van der Waals surface area contributed by atoms with Crippen molar-refractivity contribution in [3.8, 4) is 16.3 Å². The summed E-state index contributed by atoms with van der Waals surface area (Å²) >= 11 is 7.53. The van der Waals surface area contributed by atoms with Crippen molar-refractivity contribution >= 4 is 33.0 Å². The predicted octanol–water partition coefficient (Wildman–Crippen LogP) is 3.96. The van der Waals surface area contributed by atoms with Crippen LogP contribution in [0.25, 0.3) is 10.6 Å². The number of hydrogen-bond acceptors (Lipinski definition) is 6. The lowest BCUT2D eigenvalue weighted by Crippen LogP contribution is -2.24. The van der Waals surface area contributed by atoms with Crippen LogP contribution in [0.5, 0.6) is 5.75 Å². The van der Waals surface area contributed by atoms with Gasteiger partial charge in [0.2, 0.25) is 10.0 Å². The summed E-state index contributed by atoms with van der Waals surface area (Å²) in [5.74, 6) is 0.438. The summed E-state index contributed by atoms with van der Waals surface area (Å²) in [6.45, 7) is 3.70. The molecule has 9 heteroatoms. The number of methoxy groups -OCH3 is 1. The van der Waals surface area contributed by atoms with Crippen molar-refractivity contribution in [2.75, 3.05) is 7.11 Å². The Balaban J connectivity index is 1.82. The van der Waals surface area contributed by atoms with Gasteiger partial charge in [0, 0.05) is 29.4 Å². The molecule has 0 aliphatic carbocycles. The Morgan fingerprint density at radius 2 is 2.07 bits per heavy atom. The number of thiazole rings is 1. The van der Waals surface area contributed by atoms with E-state index in [4.69, 9.17) is 16.3 Å². The molecular formula is C18H18ClN3O3S2. The molecule has 0 atom stereocenters. The van der Waals surface area contributed by atoms with Crippen molar-refractivity contribution < 1.29 is 13.2 Å². The zero-order valence-electron chi connectivity index (χ0n) is 15.0. The highest BCUT2D eigenvalue weighted by molar-refractivity contribution is 7.89. The van der Waals surface area contributed by atoms with Gasteiger partial charge in [-0.15, -0.1) is 11.3 Å². The van der Waals surface area contributed by atoms with E-state index in [1.807, 2.05) is 19.1 Å². The van der Waals surface area contributed by atoms with Crippen LogP contribution in [0.15, 0.2) is 41.6 Å². The summed E-state index contributed by atoms with van der Waals surface area (Å²) in [7, 11) is -2.25. The van der Waals surface area contributed by atoms with E-state index in [2.05, 4.69) is 14.7 Å². The molecule has 0 saturated carbocycles. The van der Waals surface area contributed by atoms with E-state index in [1.54, 1.807) is 25.4 Å². The zero-order valence-corrected chi connectivity index (χ0v) is 17.4. The molecular weight excluding hydrogens is 406 g/mol. The van der Waals surface area contributed by atoms with Gasteiger partial charge < -0.3 is 4.74 Å². The molecule has 2 heterocycles. The summed E-state index contributed by atoms with van der Waals surface area (Å²) < 4.78 is 33.2. The molecule has 0 unspecified atom stereocenters. The number of rotatable bonds is 6. The Hall–Kier alpha value is -2.00. The number of benzene rings is 1. The minimum atomic E-state index is -3.73. The monoisotopic (exact) mass is 423 g/mol. The molecule has 27 heavy (non-hydrogen) atoms. The number of nitrogens with one attached hydrogen (secondary N) is 1. The molecule has 3 aromatic rings. The Labute approximate surface area is 167 Å². The van der Waals surface area contributed by atoms with E-state index in [1.165, 1.54) is 24.5 Å². The highest BCUT2D eigenvalue weighted by Crippen LogP contribution is 2.31. The van der Waals surface area contributed by atoms with E-state index in [0.29, 0.717) is 11.3 Å². The maximum atomic E-state index is 12.7. The quantitative estimate of drug-likeness (QED) is 0.648. The van der Waals surface area contributed by atoms with Crippen LogP contribution in [-0.2, 0) is 16.6 Å². The van der Waals surface area contributed by atoms with Crippen molar-refractivity contribution in [3.63, 3.8) is 0 Å². The summed E-state index contributed by atoms with van der Waals surface area (Å²) in [6, 6.07) is 6.76. The van der Waals surface area contributed by atoms with Gasteiger partial charge in [-0.05, 0) is 43.7 Å². The number of ether oxygens (including phenoxy) is 1. The Bertz CT molecular complexity index is 1070. The fourth-order valence-electron chi connectivity index (χ4n) is 2.53. The van der Waals surface area contributed by atoms with E-state index in [9.17, 15) is 8.42 Å².